The average Bonchev–Trinajstić information content (AvgIpc) is 2.92. The van der Waals surface area contributed by atoms with Gasteiger partial charge in [0.25, 0.3) is 0 Å². The van der Waals surface area contributed by atoms with Crippen molar-refractivity contribution in [2.45, 2.75) is 27.1 Å². The first-order valence-corrected chi connectivity index (χ1v) is 12.4. The number of hydrogen-bond donors (Lipinski definition) is 0. The van der Waals surface area contributed by atoms with E-state index >= 15 is 0 Å². The third kappa shape index (κ3) is 5.50. The lowest BCUT2D eigenvalue weighted by atomic mass is 9.96. The largest absolute Gasteiger partial charge is 0.488 e. The fourth-order valence-corrected chi connectivity index (χ4v) is 4.58. The highest BCUT2D eigenvalue weighted by Gasteiger charge is 2.15. The Morgan fingerprint density at radius 3 is 2.46 bits per heavy atom. The van der Waals surface area contributed by atoms with E-state index in [1.54, 1.807) is 6.07 Å². The highest BCUT2D eigenvalue weighted by Crippen LogP contribution is 2.37. The first kappa shape index (κ1) is 24.5. The predicted molar refractivity (Wildman–Crippen MR) is 144 cm³/mol. The highest BCUT2D eigenvalue weighted by atomic mass is 35.5. The minimum atomic E-state index is 0.341. The molecule has 5 nitrogen and oxygen atoms in total. The van der Waals surface area contributed by atoms with Crippen molar-refractivity contribution >= 4 is 11.6 Å². The van der Waals surface area contributed by atoms with E-state index in [4.69, 9.17) is 35.8 Å². The number of ether oxygens (including phenoxy) is 4. The summed E-state index contributed by atoms with van der Waals surface area (Å²) in [4.78, 5) is 0. The number of nitrogens with zero attached hydrogens (tertiary/aromatic N) is 1. The van der Waals surface area contributed by atoms with E-state index in [2.05, 4.69) is 25.1 Å². The number of halogens is 1. The van der Waals surface area contributed by atoms with Crippen LogP contribution in [0.1, 0.15) is 27.8 Å². The standard InChI is InChI=1S/C31H26ClNO4/c1-20-13-27(32)30(16-29(20)36-18-23-6-3-5-22(14-23)17-33)37-19-25-7-4-8-26(21(25)2)24-9-10-28-31(15-24)35-12-11-34-28/h3-10,13-16H,11-12,18-19H2,1-2H3. The summed E-state index contributed by atoms with van der Waals surface area (Å²) >= 11 is 6.52. The third-order valence-corrected chi connectivity index (χ3v) is 6.66. The Kier molecular flexibility index (Phi) is 7.20. The summed E-state index contributed by atoms with van der Waals surface area (Å²) in [5.41, 5.74) is 6.78. The van der Waals surface area contributed by atoms with Crippen LogP contribution in [0.15, 0.2) is 72.8 Å². The van der Waals surface area contributed by atoms with Crippen LogP contribution < -0.4 is 18.9 Å². The van der Waals surface area contributed by atoms with Crippen LogP contribution in [-0.2, 0) is 13.2 Å². The molecule has 4 aromatic rings. The molecule has 0 saturated heterocycles. The first-order valence-electron chi connectivity index (χ1n) is 12.0. The quantitative estimate of drug-likeness (QED) is 0.258. The van der Waals surface area contributed by atoms with E-state index in [0.717, 1.165) is 44.9 Å². The Bertz CT molecular complexity index is 1490. The molecule has 0 amide bonds. The van der Waals surface area contributed by atoms with Gasteiger partial charge in [0.1, 0.15) is 37.9 Å². The van der Waals surface area contributed by atoms with Gasteiger partial charge in [-0.1, -0.05) is 48.0 Å². The van der Waals surface area contributed by atoms with Gasteiger partial charge >= 0.3 is 0 Å². The van der Waals surface area contributed by atoms with Crippen molar-refractivity contribution in [1.29, 1.82) is 5.26 Å². The Balaban J connectivity index is 1.32. The molecule has 0 atom stereocenters. The lowest BCUT2D eigenvalue weighted by Crippen LogP contribution is -2.15. The summed E-state index contributed by atoms with van der Waals surface area (Å²) in [6.45, 7) is 5.85. The lowest BCUT2D eigenvalue weighted by Gasteiger charge is -2.20. The van der Waals surface area contributed by atoms with Crippen molar-refractivity contribution in [3.05, 3.63) is 106 Å². The molecular formula is C31H26ClNO4. The topological polar surface area (TPSA) is 60.7 Å². The Hall–Kier alpha value is -4.14. The van der Waals surface area contributed by atoms with Crippen molar-refractivity contribution in [3.8, 4) is 40.2 Å². The lowest BCUT2D eigenvalue weighted by molar-refractivity contribution is 0.171. The molecule has 1 aliphatic rings. The second kappa shape index (κ2) is 10.9. The second-order valence-corrected chi connectivity index (χ2v) is 9.29. The van der Waals surface area contributed by atoms with Gasteiger partial charge in [-0.15, -0.1) is 0 Å². The molecule has 0 saturated carbocycles. The van der Waals surface area contributed by atoms with E-state index in [0.29, 0.717) is 48.5 Å². The number of benzene rings is 4. The van der Waals surface area contributed by atoms with Gasteiger partial charge in [-0.25, -0.2) is 0 Å². The molecule has 0 bridgehead atoms. The van der Waals surface area contributed by atoms with Crippen LogP contribution in [0.2, 0.25) is 5.02 Å². The Labute approximate surface area is 221 Å². The SMILES string of the molecule is Cc1cc(Cl)c(OCc2cccc(-c3ccc4c(c3)OCCO4)c2C)cc1OCc1cccc(C#N)c1. The number of hydrogen-bond acceptors (Lipinski definition) is 5. The van der Waals surface area contributed by atoms with Crippen molar-refractivity contribution in [2.75, 3.05) is 13.2 Å². The van der Waals surface area contributed by atoms with E-state index < -0.39 is 0 Å². The molecule has 0 aromatic heterocycles. The maximum Gasteiger partial charge on any atom is 0.161 e. The number of rotatable bonds is 7. The molecule has 0 N–H and O–H groups in total. The average molecular weight is 512 g/mol. The summed E-state index contributed by atoms with van der Waals surface area (Å²) in [5.74, 6) is 2.78. The van der Waals surface area contributed by atoms with E-state index in [1.165, 1.54) is 0 Å². The number of aryl methyl sites for hydroxylation is 1. The Morgan fingerprint density at radius 2 is 1.62 bits per heavy atom. The van der Waals surface area contributed by atoms with E-state index in [9.17, 15) is 0 Å². The van der Waals surface area contributed by atoms with Crippen LogP contribution in [0.3, 0.4) is 0 Å². The summed E-state index contributed by atoms with van der Waals surface area (Å²) in [5, 5.41) is 9.65. The van der Waals surface area contributed by atoms with Crippen molar-refractivity contribution in [2.24, 2.45) is 0 Å². The van der Waals surface area contributed by atoms with Crippen LogP contribution in [0, 0.1) is 25.2 Å². The maximum atomic E-state index is 9.13. The third-order valence-electron chi connectivity index (χ3n) is 6.36. The molecule has 5 rings (SSSR count). The molecule has 0 radical (unpaired) electrons. The van der Waals surface area contributed by atoms with Crippen LogP contribution in [0.25, 0.3) is 11.1 Å². The Morgan fingerprint density at radius 1 is 0.838 bits per heavy atom. The van der Waals surface area contributed by atoms with Crippen molar-refractivity contribution < 1.29 is 18.9 Å². The molecule has 1 aliphatic heterocycles. The van der Waals surface area contributed by atoms with Crippen molar-refractivity contribution in [3.63, 3.8) is 0 Å². The molecular weight excluding hydrogens is 486 g/mol. The van der Waals surface area contributed by atoms with Crippen LogP contribution in [0.4, 0.5) is 0 Å². The van der Waals surface area contributed by atoms with E-state index in [-0.39, 0.29) is 0 Å². The maximum absolute atomic E-state index is 9.13. The molecule has 6 heteroatoms. The van der Waals surface area contributed by atoms with Gasteiger partial charge in [-0.2, -0.15) is 5.26 Å². The summed E-state index contributed by atoms with van der Waals surface area (Å²) in [7, 11) is 0. The minimum absolute atomic E-state index is 0.341. The zero-order chi connectivity index (χ0) is 25.8. The zero-order valence-electron chi connectivity index (χ0n) is 20.7. The second-order valence-electron chi connectivity index (χ2n) is 8.89. The molecule has 4 aromatic carbocycles. The highest BCUT2D eigenvalue weighted by molar-refractivity contribution is 6.32. The predicted octanol–water partition coefficient (Wildman–Crippen LogP) is 7.42. The first-order chi connectivity index (χ1) is 18.0. The minimum Gasteiger partial charge on any atom is -0.488 e. The summed E-state index contributed by atoms with van der Waals surface area (Å²) in [6.07, 6.45) is 0. The van der Waals surface area contributed by atoms with Crippen LogP contribution >= 0.6 is 11.6 Å². The van der Waals surface area contributed by atoms with Gasteiger partial charge < -0.3 is 18.9 Å². The fraction of sp³-hybridized carbons (Fsp3) is 0.194. The normalized spacial score (nSPS) is 12.1. The molecule has 37 heavy (non-hydrogen) atoms. The molecule has 1 heterocycles. The molecule has 0 unspecified atom stereocenters. The summed E-state index contributed by atoms with van der Waals surface area (Å²) < 4.78 is 23.6. The van der Waals surface area contributed by atoms with Gasteiger partial charge in [-0.05, 0) is 77.6 Å². The van der Waals surface area contributed by atoms with Gasteiger partial charge in [0, 0.05) is 6.07 Å². The smallest absolute Gasteiger partial charge is 0.161 e. The molecule has 186 valence electrons. The van der Waals surface area contributed by atoms with E-state index in [1.807, 2.05) is 61.5 Å². The molecule has 0 fully saturated rings. The number of fused-ring (bicyclic) bond motifs is 1. The van der Waals surface area contributed by atoms with Crippen LogP contribution in [-0.4, -0.2) is 13.2 Å². The molecule has 0 aliphatic carbocycles. The van der Waals surface area contributed by atoms with Gasteiger partial charge in [0.05, 0.1) is 16.7 Å². The monoisotopic (exact) mass is 511 g/mol. The van der Waals surface area contributed by atoms with Gasteiger partial charge in [0.2, 0.25) is 0 Å². The molecule has 0 spiro atoms. The van der Waals surface area contributed by atoms with Gasteiger partial charge in [0.15, 0.2) is 11.5 Å². The summed E-state index contributed by atoms with van der Waals surface area (Å²) in [6, 6.07) is 25.4. The zero-order valence-corrected chi connectivity index (χ0v) is 21.5. The van der Waals surface area contributed by atoms with Gasteiger partial charge in [-0.3, -0.25) is 0 Å². The van der Waals surface area contributed by atoms with Crippen molar-refractivity contribution in [1.82, 2.24) is 0 Å². The van der Waals surface area contributed by atoms with Crippen LogP contribution in [0.5, 0.6) is 23.0 Å². The fourth-order valence-electron chi connectivity index (χ4n) is 4.31. The number of nitriles is 1.